The highest BCUT2D eigenvalue weighted by Gasteiger charge is 2.74. The third kappa shape index (κ3) is 2.35. The van der Waals surface area contributed by atoms with Crippen LogP contribution in [-0.2, 0) is 4.79 Å². The molecule has 19 heavy (non-hydrogen) atoms. The van der Waals surface area contributed by atoms with E-state index in [1.807, 2.05) is 26.0 Å². The number of benzene rings is 1. The summed E-state index contributed by atoms with van der Waals surface area (Å²) in [6.45, 7) is 5.59. The average Bonchev–Trinajstić information content (AvgIpc) is 2.75. The zero-order valence-corrected chi connectivity index (χ0v) is 13.3. The molecule has 1 saturated carbocycles. The number of nitrogens with one attached hydrogen (secondary N) is 1. The minimum absolute atomic E-state index is 0.0549. The van der Waals surface area contributed by atoms with Crippen LogP contribution in [-0.4, -0.2) is 10.2 Å². The molecule has 2 nitrogen and oxygen atoms in total. The van der Waals surface area contributed by atoms with Gasteiger partial charge in [0.25, 0.3) is 0 Å². The first kappa shape index (κ1) is 15.0. The number of carbonyl (C=O) groups excluding carboxylic acids is 1. The summed E-state index contributed by atoms with van der Waals surface area (Å²) in [5.41, 5.74) is 0.265. The van der Waals surface area contributed by atoms with Gasteiger partial charge in [0.1, 0.15) is 4.33 Å². The van der Waals surface area contributed by atoms with E-state index >= 15 is 0 Å². The van der Waals surface area contributed by atoms with Crippen LogP contribution in [0.25, 0.3) is 0 Å². The highest BCUT2D eigenvalue weighted by Crippen LogP contribution is 2.68. The second kappa shape index (κ2) is 4.83. The van der Waals surface area contributed by atoms with Crippen LogP contribution in [0.5, 0.6) is 0 Å². The van der Waals surface area contributed by atoms with Crippen molar-refractivity contribution in [2.45, 2.75) is 31.1 Å². The number of hydrogen-bond acceptors (Lipinski definition) is 1. The van der Waals surface area contributed by atoms with Gasteiger partial charge in [-0.3, -0.25) is 4.79 Å². The molecule has 2 rings (SSSR count). The van der Waals surface area contributed by atoms with Gasteiger partial charge >= 0.3 is 0 Å². The van der Waals surface area contributed by atoms with Crippen LogP contribution < -0.4 is 5.32 Å². The summed E-state index contributed by atoms with van der Waals surface area (Å²) in [5, 5.41) is 3.63. The van der Waals surface area contributed by atoms with Crippen LogP contribution in [0.4, 0.5) is 0 Å². The van der Waals surface area contributed by atoms with Crippen molar-refractivity contribution in [3.8, 4) is 0 Å². The summed E-state index contributed by atoms with van der Waals surface area (Å²) in [6.07, 6.45) is 0. The molecule has 1 aromatic rings. The minimum Gasteiger partial charge on any atom is -0.349 e. The molecule has 1 aliphatic rings. The van der Waals surface area contributed by atoms with Crippen molar-refractivity contribution in [2.75, 3.05) is 0 Å². The molecule has 1 fully saturated rings. The molecular weight excluding hydrogens is 305 g/mol. The third-order valence-electron chi connectivity index (χ3n) is 4.21. The highest BCUT2D eigenvalue weighted by atomic mass is 35.5. The largest absolute Gasteiger partial charge is 0.349 e. The summed E-state index contributed by atoms with van der Waals surface area (Å²) in [4.78, 5) is 12.3. The molecule has 0 aromatic heterocycles. The smallest absolute Gasteiger partial charge is 0.229 e. The van der Waals surface area contributed by atoms with E-state index < -0.39 is 9.75 Å². The molecule has 0 aliphatic heterocycles. The molecule has 0 heterocycles. The van der Waals surface area contributed by atoms with Gasteiger partial charge in [-0.15, -0.1) is 23.2 Å². The molecule has 104 valence electrons. The number of halogens is 3. The zero-order chi connectivity index (χ0) is 14.4. The molecule has 1 N–H and O–H groups in total. The highest BCUT2D eigenvalue weighted by molar-refractivity contribution is 6.53. The average molecular weight is 321 g/mol. The maximum atomic E-state index is 12.3. The molecule has 1 aromatic carbocycles. The Morgan fingerprint density at radius 3 is 2.21 bits per heavy atom. The lowest BCUT2D eigenvalue weighted by Gasteiger charge is -2.18. The van der Waals surface area contributed by atoms with Gasteiger partial charge in [-0.2, -0.15) is 0 Å². The molecule has 0 radical (unpaired) electrons. The maximum absolute atomic E-state index is 12.3. The monoisotopic (exact) mass is 319 g/mol. The first-order chi connectivity index (χ1) is 8.71. The molecule has 1 amide bonds. The van der Waals surface area contributed by atoms with Gasteiger partial charge in [0.2, 0.25) is 5.91 Å². The predicted molar refractivity (Wildman–Crippen MR) is 79.7 cm³/mol. The Bertz CT molecular complexity index is 500. The van der Waals surface area contributed by atoms with Gasteiger partial charge in [0.15, 0.2) is 0 Å². The quantitative estimate of drug-likeness (QED) is 0.824. The Kier molecular flexibility index (Phi) is 3.81. The zero-order valence-electron chi connectivity index (χ0n) is 11.0. The molecule has 3 atom stereocenters. The van der Waals surface area contributed by atoms with E-state index in [0.717, 1.165) is 5.56 Å². The van der Waals surface area contributed by atoms with Gasteiger partial charge in [0, 0.05) is 10.9 Å². The van der Waals surface area contributed by atoms with Crippen LogP contribution in [0, 0.1) is 11.3 Å². The molecule has 0 spiro atoms. The van der Waals surface area contributed by atoms with Crippen LogP contribution in [0.2, 0.25) is 5.02 Å². The number of amides is 1. The SMILES string of the molecule is CC(NC(=O)[C@@]1(C)C(C)C1(Cl)Cl)c1ccc(Cl)cc1. The van der Waals surface area contributed by atoms with Crippen LogP contribution in [0.15, 0.2) is 24.3 Å². The number of alkyl halides is 2. The topological polar surface area (TPSA) is 29.1 Å². The van der Waals surface area contributed by atoms with Crippen molar-refractivity contribution in [1.82, 2.24) is 5.32 Å². The number of carbonyl (C=O) groups is 1. The van der Waals surface area contributed by atoms with E-state index in [4.69, 9.17) is 34.8 Å². The van der Waals surface area contributed by atoms with Gasteiger partial charge in [-0.25, -0.2) is 0 Å². The summed E-state index contributed by atoms with van der Waals surface area (Å²) < 4.78 is -0.975. The van der Waals surface area contributed by atoms with E-state index in [2.05, 4.69) is 5.32 Å². The number of hydrogen-bond donors (Lipinski definition) is 1. The third-order valence-corrected chi connectivity index (χ3v) is 5.90. The molecular formula is C14H16Cl3NO. The number of rotatable bonds is 3. The van der Waals surface area contributed by atoms with E-state index in [0.29, 0.717) is 5.02 Å². The van der Waals surface area contributed by atoms with Crippen LogP contribution in [0.1, 0.15) is 32.4 Å². The molecule has 1 aliphatic carbocycles. The summed E-state index contributed by atoms with van der Waals surface area (Å²) in [7, 11) is 0. The van der Waals surface area contributed by atoms with E-state index in [1.165, 1.54) is 0 Å². The molecule has 0 bridgehead atoms. The predicted octanol–water partition coefficient (Wildman–Crippen LogP) is 4.35. The summed E-state index contributed by atoms with van der Waals surface area (Å²) in [6, 6.07) is 7.27. The fraction of sp³-hybridized carbons (Fsp3) is 0.500. The first-order valence-electron chi connectivity index (χ1n) is 6.15. The Morgan fingerprint density at radius 1 is 1.32 bits per heavy atom. The van der Waals surface area contributed by atoms with Crippen molar-refractivity contribution in [3.05, 3.63) is 34.9 Å². The van der Waals surface area contributed by atoms with Gasteiger partial charge in [-0.1, -0.05) is 30.7 Å². The lowest BCUT2D eigenvalue weighted by Crippen LogP contribution is -2.35. The van der Waals surface area contributed by atoms with Crippen molar-refractivity contribution >= 4 is 40.7 Å². The molecule has 0 saturated heterocycles. The lowest BCUT2D eigenvalue weighted by atomic mass is 10.0. The van der Waals surface area contributed by atoms with Crippen molar-refractivity contribution in [3.63, 3.8) is 0 Å². The van der Waals surface area contributed by atoms with E-state index in [9.17, 15) is 4.79 Å². The molecule has 5 heteroatoms. The van der Waals surface area contributed by atoms with E-state index in [-0.39, 0.29) is 17.9 Å². The standard InChI is InChI=1S/C14H16Cl3NO/c1-8(10-4-6-11(15)7-5-10)18-12(19)13(3)9(2)14(13,16)17/h4-9H,1-3H3,(H,18,19)/t8?,9?,13-/m1/s1. The van der Waals surface area contributed by atoms with Crippen molar-refractivity contribution in [1.29, 1.82) is 0 Å². The first-order valence-corrected chi connectivity index (χ1v) is 7.29. The normalized spacial score (nSPS) is 29.7. The fourth-order valence-electron chi connectivity index (χ4n) is 2.26. The Labute approximate surface area is 128 Å². The summed E-state index contributed by atoms with van der Waals surface area (Å²) in [5.74, 6) is -0.173. The lowest BCUT2D eigenvalue weighted by molar-refractivity contribution is -0.126. The van der Waals surface area contributed by atoms with Gasteiger partial charge in [0.05, 0.1) is 11.5 Å². The maximum Gasteiger partial charge on any atom is 0.229 e. The summed E-state index contributed by atoms with van der Waals surface area (Å²) >= 11 is 18.1. The van der Waals surface area contributed by atoms with Crippen LogP contribution >= 0.6 is 34.8 Å². The molecule has 2 unspecified atom stereocenters. The van der Waals surface area contributed by atoms with Crippen molar-refractivity contribution in [2.24, 2.45) is 11.3 Å². The van der Waals surface area contributed by atoms with E-state index in [1.54, 1.807) is 19.1 Å². The fourth-order valence-corrected chi connectivity index (χ4v) is 3.22. The van der Waals surface area contributed by atoms with Crippen LogP contribution in [0.3, 0.4) is 0 Å². The van der Waals surface area contributed by atoms with Crippen molar-refractivity contribution < 1.29 is 4.79 Å². The minimum atomic E-state index is -0.975. The second-order valence-electron chi connectivity index (χ2n) is 5.29. The Balaban J connectivity index is 2.06. The Hall–Kier alpha value is -0.440. The second-order valence-corrected chi connectivity index (χ2v) is 7.12. The van der Waals surface area contributed by atoms with Gasteiger partial charge < -0.3 is 5.32 Å². The van der Waals surface area contributed by atoms with Gasteiger partial charge in [-0.05, 0) is 31.5 Å². The Morgan fingerprint density at radius 2 is 1.79 bits per heavy atom.